The van der Waals surface area contributed by atoms with Gasteiger partial charge in [-0.15, -0.1) is 0 Å². The van der Waals surface area contributed by atoms with Crippen molar-refractivity contribution in [3.8, 4) is 5.75 Å². The number of ether oxygens (including phenoxy) is 2. The van der Waals surface area contributed by atoms with Crippen LogP contribution in [0.5, 0.6) is 5.75 Å². The molecule has 0 radical (unpaired) electrons. The molecule has 0 saturated heterocycles. The van der Waals surface area contributed by atoms with E-state index in [1.165, 1.54) is 25.3 Å². The Kier molecular flexibility index (Phi) is 5.89. The number of hydrogen-bond donors (Lipinski definition) is 1. The van der Waals surface area contributed by atoms with Crippen LogP contribution in [0.25, 0.3) is 0 Å². The minimum Gasteiger partial charge on any atom is -0.497 e. The van der Waals surface area contributed by atoms with Crippen LogP contribution in [0.1, 0.15) is 28.9 Å². The summed E-state index contributed by atoms with van der Waals surface area (Å²) in [7, 11) is 1.49. The highest BCUT2D eigenvalue weighted by atomic mass is 19.1. The molecular formula is C18H18FNO4. The zero-order valence-corrected chi connectivity index (χ0v) is 13.4. The summed E-state index contributed by atoms with van der Waals surface area (Å²) >= 11 is 0. The SMILES string of the molecule is COc1cccc(C(=O)OCC(=O)NC(C)c2ccc(F)cc2)c1. The first-order valence-electron chi connectivity index (χ1n) is 7.35. The van der Waals surface area contributed by atoms with Crippen molar-refractivity contribution in [1.29, 1.82) is 0 Å². The maximum absolute atomic E-state index is 12.9. The fourth-order valence-electron chi connectivity index (χ4n) is 2.08. The normalized spacial score (nSPS) is 11.5. The summed E-state index contributed by atoms with van der Waals surface area (Å²) in [5.41, 5.74) is 1.05. The number of methoxy groups -OCH3 is 1. The number of hydrogen-bond acceptors (Lipinski definition) is 4. The molecule has 0 heterocycles. The molecule has 24 heavy (non-hydrogen) atoms. The van der Waals surface area contributed by atoms with Crippen molar-refractivity contribution in [3.63, 3.8) is 0 Å². The summed E-state index contributed by atoms with van der Waals surface area (Å²) in [6.45, 7) is 1.36. The van der Waals surface area contributed by atoms with E-state index in [9.17, 15) is 14.0 Å². The molecule has 5 nitrogen and oxygen atoms in total. The number of rotatable bonds is 6. The molecule has 0 spiro atoms. The van der Waals surface area contributed by atoms with E-state index in [0.29, 0.717) is 11.3 Å². The number of carbonyl (C=O) groups excluding carboxylic acids is 2. The Morgan fingerprint density at radius 1 is 1.17 bits per heavy atom. The van der Waals surface area contributed by atoms with Crippen LogP contribution in [0, 0.1) is 5.82 Å². The largest absolute Gasteiger partial charge is 0.497 e. The van der Waals surface area contributed by atoms with Gasteiger partial charge < -0.3 is 14.8 Å². The minimum atomic E-state index is -0.613. The summed E-state index contributed by atoms with van der Waals surface area (Å²) < 4.78 is 22.9. The Balaban J connectivity index is 1.86. The van der Waals surface area contributed by atoms with E-state index in [0.717, 1.165) is 5.56 Å². The predicted molar refractivity (Wildman–Crippen MR) is 86.2 cm³/mol. The van der Waals surface area contributed by atoms with E-state index >= 15 is 0 Å². The monoisotopic (exact) mass is 331 g/mol. The number of nitrogens with one attached hydrogen (secondary N) is 1. The fraction of sp³-hybridized carbons (Fsp3) is 0.222. The molecule has 2 rings (SSSR count). The first-order chi connectivity index (χ1) is 11.5. The zero-order chi connectivity index (χ0) is 17.5. The Hall–Kier alpha value is -2.89. The van der Waals surface area contributed by atoms with Gasteiger partial charge in [-0.2, -0.15) is 0 Å². The molecule has 1 N–H and O–H groups in total. The Morgan fingerprint density at radius 2 is 1.88 bits per heavy atom. The zero-order valence-electron chi connectivity index (χ0n) is 13.4. The van der Waals surface area contributed by atoms with Gasteiger partial charge in [-0.25, -0.2) is 9.18 Å². The van der Waals surface area contributed by atoms with Crippen molar-refractivity contribution in [1.82, 2.24) is 5.32 Å². The van der Waals surface area contributed by atoms with E-state index < -0.39 is 18.5 Å². The van der Waals surface area contributed by atoms with Gasteiger partial charge in [0.25, 0.3) is 5.91 Å². The van der Waals surface area contributed by atoms with Crippen LogP contribution in [0.2, 0.25) is 0 Å². The third-order valence-electron chi connectivity index (χ3n) is 3.39. The standard InChI is InChI=1S/C18H18FNO4/c1-12(13-6-8-15(19)9-7-13)20-17(21)11-24-18(22)14-4-3-5-16(10-14)23-2/h3-10,12H,11H2,1-2H3,(H,20,21). The molecule has 0 aliphatic rings. The lowest BCUT2D eigenvalue weighted by atomic mass is 10.1. The van der Waals surface area contributed by atoms with Crippen molar-refractivity contribution >= 4 is 11.9 Å². The van der Waals surface area contributed by atoms with Gasteiger partial charge in [0, 0.05) is 0 Å². The molecule has 1 amide bonds. The summed E-state index contributed by atoms with van der Waals surface area (Å²) in [5, 5.41) is 2.68. The van der Waals surface area contributed by atoms with Gasteiger partial charge in [0.2, 0.25) is 0 Å². The van der Waals surface area contributed by atoms with Crippen LogP contribution in [0.15, 0.2) is 48.5 Å². The second kappa shape index (κ2) is 8.10. The molecule has 0 bridgehead atoms. The average Bonchev–Trinajstić information content (AvgIpc) is 2.60. The molecule has 0 aliphatic carbocycles. The number of amides is 1. The molecule has 2 aromatic rings. The van der Waals surface area contributed by atoms with Gasteiger partial charge >= 0.3 is 5.97 Å². The van der Waals surface area contributed by atoms with Crippen molar-refractivity contribution in [2.45, 2.75) is 13.0 Å². The van der Waals surface area contributed by atoms with Gasteiger partial charge in [0.1, 0.15) is 11.6 Å². The van der Waals surface area contributed by atoms with Crippen LogP contribution in [0.3, 0.4) is 0 Å². The molecule has 0 aromatic heterocycles. The Morgan fingerprint density at radius 3 is 2.54 bits per heavy atom. The summed E-state index contributed by atoms with van der Waals surface area (Å²) in [6, 6.07) is 12.0. The highest BCUT2D eigenvalue weighted by Crippen LogP contribution is 2.14. The predicted octanol–water partition coefficient (Wildman–Crippen LogP) is 2.87. The third kappa shape index (κ3) is 4.81. The summed E-state index contributed by atoms with van der Waals surface area (Å²) in [6.07, 6.45) is 0. The van der Waals surface area contributed by atoms with Crippen LogP contribution >= 0.6 is 0 Å². The van der Waals surface area contributed by atoms with Crippen molar-refractivity contribution < 1.29 is 23.5 Å². The van der Waals surface area contributed by atoms with Crippen LogP contribution in [0.4, 0.5) is 4.39 Å². The number of halogens is 1. The summed E-state index contributed by atoms with van der Waals surface area (Å²) in [5.74, 6) is -0.870. The molecule has 0 saturated carbocycles. The third-order valence-corrected chi connectivity index (χ3v) is 3.39. The topological polar surface area (TPSA) is 64.6 Å². The number of esters is 1. The van der Waals surface area contributed by atoms with Crippen molar-refractivity contribution in [2.24, 2.45) is 0 Å². The fourth-order valence-corrected chi connectivity index (χ4v) is 2.08. The van der Waals surface area contributed by atoms with Crippen LogP contribution in [-0.2, 0) is 9.53 Å². The summed E-state index contributed by atoms with van der Waals surface area (Å²) in [4.78, 5) is 23.8. The van der Waals surface area contributed by atoms with Gasteiger partial charge in [0.15, 0.2) is 6.61 Å². The highest BCUT2D eigenvalue weighted by Gasteiger charge is 2.13. The van der Waals surface area contributed by atoms with Gasteiger partial charge in [-0.1, -0.05) is 18.2 Å². The Labute approximate surface area is 139 Å². The van der Waals surface area contributed by atoms with E-state index in [1.807, 2.05) is 0 Å². The smallest absolute Gasteiger partial charge is 0.338 e. The van der Waals surface area contributed by atoms with E-state index in [4.69, 9.17) is 9.47 Å². The van der Waals surface area contributed by atoms with E-state index in [-0.39, 0.29) is 11.9 Å². The van der Waals surface area contributed by atoms with Crippen molar-refractivity contribution in [3.05, 3.63) is 65.5 Å². The first kappa shape index (κ1) is 17.5. The minimum absolute atomic E-state index is 0.300. The first-order valence-corrected chi connectivity index (χ1v) is 7.35. The van der Waals surface area contributed by atoms with Crippen LogP contribution < -0.4 is 10.1 Å². The average molecular weight is 331 g/mol. The highest BCUT2D eigenvalue weighted by molar-refractivity contribution is 5.91. The molecular weight excluding hydrogens is 313 g/mol. The van der Waals surface area contributed by atoms with E-state index in [1.54, 1.807) is 37.3 Å². The lowest BCUT2D eigenvalue weighted by Crippen LogP contribution is -2.31. The quantitative estimate of drug-likeness (QED) is 0.827. The molecule has 0 fully saturated rings. The van der Waals surface area contributed by atoms with Crippen LogP contribution in [-0.4, -0.2) is 25.6 Å². The molecule has 0 aliphatic heterocycles. The molecule has 1 unspecified atom stereocenters. The Bertz CT molecular complexity index is 715. The second-order valence-electron chi connectivity index (χ2n) is 5.15. The molecule has 126 valence electrons. The van der Waals surface area contributed by atoms with Gasteiger partial charge in [-0.05, 0) is 42.8 Å². The number of carbonyl (C=O) groups is 2. The molecule has 1 atom stereocenters. The van der Waals surface area contributed by atoms with Gasteiger partial charge in [-0.3, -0.25) is 4.79 Å². The maximum Gasteiger partial charge on any atom is 0.338 e. The van der Waals surface area contributed by atoms with Gasteiger partial charge in [0.05, 0.1) is 18.7 Å². The molecule has 2 aromatic carbocycles. The van der Waals surface area contributed by atoms with E-state index in [2.05, 4.69) is 5.32 Å². The second-order valence-corrected chi connectivity index (χ2v) is 5.15. The number of benzene rings is 2. The van der Waals surface area contributed by atoms with Crippen molar-refractivity contribution in [2.75, 3.05) is 13.7 Å². The maximum atomic E-state index is 12.9. The lowest BCUT2D eigenvalue weighted by molar-refractivity contribution is -0.124. The lowest BCUT2D eigenvalue weighted by Gasteiger charge is -2.14. The molecule has 6 heteroatoms.